The van der Waals surface area contributed by atoms with Gasteiger partial charge in [0, 0.05) is 11.1 Å². The molecule has 0 unspecified atom stereocenters. The first-order valence-electron chi connectivity index (χ1n) is 6.61. The van der Waals surface area contributed by atoms with Crippen molar-refractivity contribution in [3.8, 4) is 5.75 Å². The summed E-state index contributed by atoms with van der Waals surface area (Å²) in [7, 11) is 0. The molecule has 5 nitrogen and oxygen atoms in total. The average Bonchev–Trinajstić information content (AvgIpc) is 2.43. The molecule has 0 radical (unpaired) electrons. The van der Waals surface area contributed by atoms with Gasteiger partial charge in [0.2, 0.25) is 0 Å². The summed E-state index contributed by atoms with van der Waals surface area (Å²) in [4.78, 5) is 12.2. The van der Waals surface area contributed by atoms with Crippen molar-refractivity contribution >= 4 is 21.8 Å². The van der Waals surface area contributed by atoms with E-state index in [1.54, 1.807) is 12.1 Å². The summed E-state index contributed by atoms with van der Waals surface area (Å²) in [6.45, 7) is 2.74. The first kappa shape index (κ1) is 15.3. The molecule has 2 rings (SSSR count). The fourth-order valence-electron chi connectivity index (χ4n) is 2.17. The number of aliphatic hydroxyl groups is 1. The number of rotatable bonds is 3. The minimum atomic E-state index is -0.617. The van der Waals surface area contributed by atoms with Crippen molar-refractivity contribution in [3.05, 3.63) is 27.7 Å². The first-order chi connectivity index (χ1) is 9.52. The largest absolute Gasteiger partial charge is 0.507 e. The number of aliphatic hydroxyl groups excluding tert-OH is 1. The zero-order valence-corrected chi connectivity index (χ0v) is 12.8. The lowest BCUT2D eigenvalue weighted by Gasteiger charge is -2.28. The number of benzene rings is 1. The molecule has 0 spiro atoms. The predicted octanol–water partition coefficient (Wildman–Crippen LogP) is 1.60. The number of aryl methyl sites for hydroxylation is 1. The van der Waals surface area contributed by atoms with Gasteiger partial charge in [0.05, 0.1) is 24.3 Å². The Bertz CT molecular complexity index is 506. The number of hydrogen-bond acceptors (Lipinski definition) is 4. The van der Waals surface area contributed by atoms with Gasteiger partial charge in [-0.2, -0.15) is 0 Å². The molecule has 0 aliphatic carbocycles. The van der Waals surface area contributed by atoms with Crippen molar-refractivity contribution in [3.63, 3.8) is 0 Å². The van der Waals surface area contributed by atoms with Crippen LogP contribution >= 0.6 is 15.9 Å². The van der Waals surface area contributed by atoms with Crippen LogP contribution < -0.4 is 5.32 Å². The van der Waals surface area contributed by atoms with Crippen molar-refractivity contribution in [2.45, 2.75) is 31.9 Å². The number of carbonyl (C=O) groups excluding carboxylic acids is 1. The lowest BCUT2D eigenvalue weighted by molar-refractivity contribution is -0.0140. The van der Waals surface area contributed by atoms with Gasteiger partial charge in [0.1, 0.15) is 5.75 Å². The van der Waals surface area contributed by atoms with Gasteiger partial charge in [-0.25, -0.2) is 0 Å². The summed E-state index contributed by atoms with van der Waals surface area (Å²) < 4.78 is 6.01. The van der Waals surface area contributed by atoms with Crippen LogP contribution in [0.2, 0.25) is 0 Å². The second-order valence-electron chi connectivity index (χ2n) is 4.83. The molecule has 2 atom stereocenters. The van der Waals surface area contributed by atoms with E-state index in [0.29, 0.717) is 13.0 Å². The van der Waals surface area contributed by atoms with Crippen LogP contribution in [0.1, 0.15) is 29.3 Å². The van der Waals surface area contributed by atoms with Crippen LogP contribution in [-0.2, 0) is 11.2 Å². The third-order valence-corrected chi connectivity index (χ3v) is 4.16. The van der Waals surface area contributed by atoms with E-state index in [9.17, 15) is 15.0 Å². The van der Waals surface area contributed by atoms with Crippen LogP contribution in [0.15, 0.2) is 16.6 Å². The molecule has 6 heteroatoms. The Hall–Kier alpha value is -1.11. The Kier molecular flexibility index (Phi) is 5.01. The van der Waals surface area contributed by atoms with E-state index in [4.69, 9.17) is 4.74 Å². The molecule has 1 aromatic carbocycles. The summed E-state index contributed by atoms with van der Waals surface area (Å²) in [6, 6.07) is 2.73. The lowest BCUT2D eigenvalue weighted by atomic mass is 10.0. The topological polar surface area (TPSA) is 78.8 Å². The Morgan fingerprint density at radius 3 is 2.95 bits per heavy atom. The number of phenols is 1. The molecule has 110 valence electrons. The minimum Gasteiger partial charge on any atom is -0.507 e. The number of amides is 1. The fourth-order valence-corrected chi connectivity index (χ4v) is 2.79. The van der Waals surface area contributed by atoms with Crippen molar-refractivity contribution < 1.29 is 19.7 Å². The molecule has 0 saturated carbocycles. The van der Waals surface area contributed by atoms with Gasteiger partial charge in [-0.05, 0) is 30.5 Å². The smallest absolute Gasteiger partial charge is 0.255 e. The van der Waals surface area contributed by atoms with E-state index < -0.39 is 18.1 Å². The summed E-state index contributed by atoms with van der Waals surface area (Å²) in [5.41, 5.74) is 1.12. The number of aromatic hydroxyl groups is 1. The molecular formula is C14H18BrNO4. The second-order valence-corrected chi connectivity index (χ2v) is 5.68. The van der Waals surface area contributed by atoms with Crippen LogP contribution in [0.4, 0.5) is 0 Å². The Balaban J connectivity index is 2.14. The van der Waals surface area contributed by atoms with Crippen LogP contribution in [0.3, 0.4) is 0 Å². The summed E-state index contributed by atoms with van der Waals surface area (Å²) in [5, 5.41) is 22.4. The second kappa shape index (κ2) is 6.56. The van der Waals surface area contributed by atoms with Gasteiger partial charge in [-0.15, -0.1) is 0 Å². The molecular weight excluding hydrogens is 326 g/mol. The number of halogens is 1. The predicted molar refractivity (Wildman–Crippen MR) is 77.9 cm³/mol. The van der Waals surface area contributed by atoms with Crippen LogP contribution in [0.5, 0.6) is 5.75 Å². The van der Waals surface area contributed by atoms with Gasteiger partial charge in [0.25, 0.3) is 5.91 Å². The van der Waals surface area contributed by atoms with Crippen LogP contribution in [0.25, 0.3) is 0 Å². The zero-order chi connectivity index (χ0) is 14.7. The molecule has 0 aromatic heterocycles. The summed E-state index contributed by atoms with van der Waals surface area (Å²) >= 11 is 3.38. The van der Waals surface area contributed by atoms with Crippen molar-refractivity contribution in [1.82, 2.24) is 5.32 Å². The van der Waals surface area contributed by atoms with Gasteiger partial charge in [-0.1, -0.05) is 22.9 Å². The third-order valence-electron chi connectivity index (χ3n) is 3.43. The number of phenolic OH excluding ortho intramolecular Hbond substituents is 1. The molecule has 1 fully saturated rings. The quantitative estimate of drug-likeness (QED) is 0.778. The monoisotopic (exact) mass is 343 g/mol. The third kappa shape index (κ3) is 3.31. The molecule has 1 heterocycles. The van der Waals surface area contributed by atoms with Crippen LogP contribution in [0, 0.1) is 0 Å². The van der Waals surface area contributed by atoms with E-state index in [0.717, 1.165) is 16.5 Å². The highest BCUT2D eigenvalue weighted by Crippen LogP contribution is 2.27. The fraction of sp³-hybridized carbons (Fsp3) is 0.500. The number of hydrogen-bond donors (Lipinski definition) is 3. The van der Waals surface area contributed by atoms with E-state index in [-0.39, 0.29) is 17.9 Å². The van der Waals surface area contributed by atoms with Gasteiger partial charge in [-0.3, -0.25) is 4.79 Å². The first-order valence-corrected chi connectivity index (χ1v) is 7.40. The van der Waals surface area contributed by atoms with Gasteiger partial charge in [0.15, 0.2) is 0 Å². The summed E-state index contributed by atoms with van der Waals surface area (Å²) in [6.07, 6.45) is 0.633. The van der Waals surface area contributed by atoms with Crippen LogP contribution in [-0.4, -0.2) is 41.5 Å². The maximum absolute atomic E-state index is 12.2. The molecule has 1 amide bonds. The molecule has 1 aromatic rings. The van der Waals surface area contributed by atoms with E-state index in [1.165, 1.54) is 0 Å². The van der Waals surface area contributed by atoms with E-state index in [2.05, 4.69) is 21.2 Å². The SMILES string of the molecule is CCc1cc(O)c(C(=O)N[C@H]2COCC[C@@H]2O)cc1Br. The van der Waals surface area contributed by atoms with Crippen molar-refractivity contribution in [1.29, 1.82) is 0 Å². The van der Waals surface area contributed by atoms with Crippen molar-refractivity contribution in [2.24, 2.45) is 0 Å². The summed E-state index contributed by atoms with van der Waals surface area (Å²) in [5.74, 6) is -0.478. The molecule has 1 saturated heterocycles. The average molecular weight is 344 g/mol. The van der Waals surface area contributed by atoms with Crippen molar-refractivity contribution in [2.75, 3.05) is 13.2 Å². The highest BCUT2D eigenvalue weighted by Gasteiger charge is 2.26. The minimum absolute atomic E-state index is 0.0613. The molecule has 0 bridgehead atoms. The van der Waals surface area contributed by atoms with Gasteiger partial charge < -0.3 is 20.3 Å². The van der Waals surface area contributed by atoms with E-state index in [1.807, 2.05) is 6.92 Å². The van der Waals surface area contributed by atoms with Gasteiger partial charge >= 0.3 is 0 Å². The normalized spacial score (nSPS) is 22.6. The number of ether oxygens (including phenoxy) is 1. The van der Waals surface area contributed by atoms with E-state index >= 15 is 0 Å². The molecule has 1 aliphatic rings. The maximum atomic E-state index is 12.2. The Labute approximate surface area is 126 Å². The highest BCUT2D eigenvalue weighted by molar-refractivity contribution is 9.10. The molecule has 1 aliphatic heterocycles. The molecule has 3 N–H and O–H groups in total. The zero-order valence-electron chi connectivity index (χ0n) is 11.2. The highest BCUT2D eigenvalue weighted by atomic mass is 79.9. The lowest BCUT2D eigenvalue weighted by Crippen LogP contribution is -2.49. The molecule has 20 heavy (non-hydrogen) atoms. The Morgan fingerprint density at radius 2 is 2.30 bits per heavy atom. The standard InChI is InChI=1S/C14H18BrNO4/c1-2-8-5-13(18)9(6-10(8)15)14(19)16-11-7-20-4-3-12(11)17/h5-6,11-12,17-18H,2-4,7H2,1H3,(H,16,19)/t11-,12-/m0/s1. The number of carbonyl (C=O) groups is 1. The Morgan fingerprint density at radius 1 is 1.55 bits per heavy atom. The number of nitrogens with one attached hydrogen (secondary N) is 1. The maximum Gasteiger partial charge on any atom is 0.255 e.